The van der Waals surface area contributed by atoms with Crippen LogP contribution >= 0.6 is 0 Å². The first-order chi connectivity index (χ1) is 5.57. The SMILES string of the molecule is CCCOC(=O)C(C)=CC(C)N. The molecule has 70 valence electrons. The van der Waals surface area contributed by atoms with E-state index in [1.807, 2.05) is 13.8 Å². The molecule has 0 spiro atoms. The van der Waals surface area contributed by atoms with Gasteiger partial charge in [0.25, 0.3) is 0 Å². The topological polar surface area (TPSA) is 52.3 Å². The zero-order valence-corrected chi connectivity index (χ0v) is 7.96. The van der Waals surface area contributed by atoms with Crippen molar-refractivity contribution in [2.75, 3.05) is 6.61 Å². The summed E-state index contributed by atoms with van der Waals surface area (Å²) >= 11 is 0. The Labute approximate surface area is 73.6 Å². The molecule has 0 aliphatic heterocycles. The number of ether oxygens (including phenoxy) is 1. The lowest BCUT2D eigenvalue weighted by atomic mass is 10.2. The summed E-state index contributed by atoms with van der Waals surface area (Å²) in [4.78, 5) is 11.1. The first-order valence-electron chi connectivity index (χ1n) is 4.19. The van der Waals surface area contributed by atoms with E-state index < -0.39 is 0 Å². The summed E-state index contributed by atoms with van der Waals surface area (Å²) in [6, 6.07) is -0.0980. The van der Waals surface area contributed by atoms with Crippen molar-refractivity contribution < 1.29 is 9.53 Å². The largest absolute Gasteiger partial charge is 0.462 e. The maximum absolute atomic E-state index is 11.1. The smallest absolute Gasteiger partial charge is 0.333 e. The van der Waals surface area contributed by atoms with Crippen molar-refractivity contribution in [1.82, 2.24) is 0 Å². The third-order valence-electron chi connectivity index (χ3n) is 1.27. The summed E-state index contributed by atoms with van der Waals surface area (Å²) in [5.41, 5.74) is 6.06. The summed E-state index contributed by atoms with van der Waals surface area (Å²) < 4.78 is 4.89. The number of hydrogen-bond acceptors (Lipinski definition) is 3. The fraction of sp³-hybridized carbons (Fsp3) is 0.667. The van der Waals surface area contributed by atoms with Crippen LogP contribution in [0, 0.1) is 0 Å². The molecule has 12 heavy (non-hydrogen) atoms. The first kappa shape index (κ1) is 11.2. The number of nitrogens with two attached hydrogens (primary N) is 1. The monoisotopic (exact) mass is 171 g/mol. The number of rotatable bonds is 4. The van der Waals surface area contributed by atoms with Crippen molar-refractivity contribution in [3.8, 4) is 0 Å². The van der Waals surface area contributed by atoms with E-state index in [2.05, 4.69) is 0 Å². The lowest BCUT2D eigenvalue weighted by Crippen LogP contribution is -2.15. The van der Waals surface area contributed by atoms with E-state index in [0.717, 1.165) is 6.42 Å². The molecule has 0 aromatic heterocycles. The van der Waals surface area contributed by atoms with Crippen LogP contribution in [0.4, 0.5) is 0 Å². The molecular formula is C9H17NO2. The van der Waals surface area contributed by atoms with Crippen LogP contribution in [0.15, 0.2) is 11.6 Å². The zero-order chi connectivity index (χ0) is 9.56. The van der Waals surface area contributed by atoms with Gasteiger partial charge in [-0.05, 0) is 20.3 Å². The van der Waals surface area contributed by atoms with Crippen molar-refractivity contribution in [2.24, 2.45) is 5.73 Å². The van der Waals surface area contributed by atoms with Gasteiger partial charge in [0.2, 0.25) is 0 Å². The Kier molecular flexibility index (Phi) is 5.37. The standard InChI is InChI=1S/C9H17NO2/c1-4-5-12-9(11)7(2)6-8(3)10/h6,8H,4-5,10H2,1-3H3. The maximum Gasteiger partial charge on any atom is 0.333 e. The van der Waals surface area contributed by atoms with Crippen molar-refractivity contribution in [2.45, 2.75) is 33.2 Å². The molecule has 1 unspecified atom stereocenters. The van der Waals surface area contributed by atoms with Gasteiger partial charge < -0.3 is 10.5 Å². The Morgan fingerprint density at radius 1 is 1.67 bits per heavy atom. The molecular weight excluding hydrogens is 154 g/mol. The van der Waals surface area contributed by atoms with Gasteiger partial charge in [0.1, 0.15) is 0 Å². The molecule has 3 nitrogen and oxygen atoms in total. The highest BCUT2D eigenvalue weighted by molar-refractivity contribution is 5.87. The maximum atomic E-state index is 11.1. The van der Waals surface area contributed by atoms with E-state index in [1.165, 1.54) is 0 Å². The number of carbonyl (C=O) groups excluding carboxylic acids is 1. The average molecular weight is 171 g/mol. The fourth-order valence-electron chi connectivity index (χ4n) is 0.771. The fourth-order valence-corrected chi connectivity index (χ4v) is 0.771. The molecule has 0 rings (SSSR count). The molecule has 1 atom stereocenters. The van der Waals surface area contributed by atoms with Gasteiger partial charge in [-0.2, -0.15) is 0 Å². The molecule has 0 saturated carbocycles. The Morgan fingerprint density at radius 3 is 2.67 bits per heavy atom. The summed E-state index contributed by atoms with van der Waals surface area (Å²) in [6.07, 6.45) is 2.54. The zero-order valence-electron chi connectivity index (χ0n) is 7.96. The minimum Gasteiger partial charge on any atom is -0.462 e. The minimum absolute atomic E-state index is 0.0980. The Morgan fingerprint density at radius 2 is 2.25 bits per heavy atom. The summed E-state index contributed by atoms with van der Waals surface area (Å²) in [6.45, 7) is 5.96. The van der Waals surface area contributed by atoms with Gasteiger partial charge in [0, 0.05) is 11.6 Å². The number of hydrogen-bond donors (Lipinski definition) is 1. The third kappa shape index (κ3) is 4.91. The van der Waals surface area contributed by atoms with Crippen LogP contribution in [0.5, 0.6) is 0 Å². The van der Waals surface area contributed by atoms with E-state index in [9.17, 15) is 4.79 Å². The van der Waals surface area contributed by atoms with Crippen molar-refractivity contribution in [3.63, 3.8) is 0 Å². The molecule has 0 aliphatic rings. The molecule has 0 saturated heterocycles. The van der Waals surface area contributed by atoms with Gasteiger partial charge in [0.05, 0.1) is 6.61 Å². The van der Waals surface area contributed by atoms with Crippen LogP contribution in [0.25, 0.3) is 0 Å². The summed E-state index contributed by atoms with van der Waals surface area (Å²) in [7, 11) is 0. The van der Waals surface area contributed by atoms with Crippen LogP contribution in [-0.2, 0) is 9.53 Å². The van der Waals surface area contributed by atoms with E-state index in [4.69, 9.17) is 10.5 Å². The first-order valence-corrected chi connectivity index (χ1v) is 4.19. The van der Waals surface area contributed by atoms with Crippen molar-refractivity contribution in [1.29, 1.82) is 0 Å². The lowest BCUT2D eigenvalue weighted by molar-refractivity contribution is -0.139. The van der Waals surface area contributed by atoms with Gasteiger partial charge in [-0.25, -0.2) is 4.79 Å². The molecule has 0 bridgehead atoms. The van der Waals surface area contributed by atoms with E-state index in [1.54, 1.807) is 13.0 Å². The van der Waals surface area contributed by atoms with Crippen LogP contribution in [0.1, 0.15) is 27.2 Å². The highest BCUT2D eigenvalue weighted by atomic mass is 16.5. The van der Waals surface area contributed by atoms with Crippen molar-refractivity contribution >= 4 is 5.97 Å². The summed E-state index contributed by atoms with van der Waals surface area (Å²) in [5.74, 6) is -0.269. The molecule has 0 heterocycles. The van der Waals surface area contributed by atoms with Gasteiger partial charge in [-0.15, -0.1) is 0 Å². The quantitative estimate of drug-likeness (QED) is 0.511. The Hall–Kier alpha value is -0.830. The van der Waals surface area contributed by atoms with Gasteiger partial charge in [-0.1, -0.05) is 13.0 Å². The lowest BCUT2D eigenvalue weighted by Gasteiger charge is -2.03. The predicted octanol–water partition coefficient (Wildman–Crippen LogP) is 1.23. The molecule has 0 fully saturated rings. The Bertz CT molecular complexity index is 173. The van der Waals surface area contributed by atoms with Gasteiger partial charge in [0.15, 0.2) is 0 Å². The van der Waals surface area contributed by atoms with E-state index >= 15 is 0 Å². The van der Waals surface area contributed by atoms with Crippen molar-refractivity contribution in [3.05, 3.63) is 11.6 Å². The average Bonchev–Trinajstić information content (AvgIpc) is 1.98. The second-order valence-electron chi connectivity index (χ2n) is 2.84. The highest BCUT2D eigenvalue weighted by Gasteiger charge is 2.04. The molecule has 0 aliphatic carbocycles. The number of carbonyl (C=O) groups is 1. The summed E-state index contributed by atoms with van der Waals surface area (Å²) in [5, 5.41) is 0. The van der Waals surface area contributed by atoms with Crippen LogP contribution in [0.3, 0.4) is 0 Å². The second kappa shape index (κ2) is 5.77. The molecule has 0 radical (unpaired) electrons. The molecule has 0 aromatic carbocycles. The predicted molar refractivity (Wildman–Crippen MR) is 48.7 cm³/mol. The normalized spacial score (nSPS) is 14.2. The third-order valence-corrected chi connectivity index (χ3v) is 1.27. The van der Waals surface area contributed by atoms with Gasteiger partial charge in [-0.3, -0.25) is 0 Å². The van der Waals surface area contributed by atoms with Crippen LogP contribution in [-0.4, -0.2) is 18.6 Å². The molecule has 2 N–H and O–H groups in total. The van der Waals surface area contributed by atoms with E-state index in [0.29, 0.717) is 12.2 Å². The minimum atomic E-state index is -0.269. The molecule has 0 aromatic rings. The van der Waals surface area contributed by atoms with Crippen LogP contribution in [0.2, 0.25) is 0 Å². The molecule has 0 amide bonds. The van der Waals surface area contributed by atoms with Crippen LogP contribution < -0.4 is 5.73 Å². The van der Waals surface area contributed by atoms with E-state index in [-0.39, 0.29) is 12.0 Å². The van der Waals surface area contributed by atoms with Gasteiger partial charge >= 0.3 is 5.97 Å². The number of esters is 1. The Balaban J connectivity index is 3.92. The molecule has 3 heteroatoms. The second-order valence-corrected chi connectivity index (χ2v) is 2.84. The highest BCUT2D eigenvalue weighted by Crippen LogP contribution is 1.98.